The molecular weight excluding hydrogens is 250 g/mol. The summed E-state index contributed by atoms with van der Waals surface area (Å²) >= 11 is 5.96. The van der Waals surface area contributed by atoms with Gasteiger partial charge in [-0.25, -0.2) is 18.4 Å². The van der Waals surface area contributed by atoms with Crippen molar-refractivity contribution in [3.05, 3.63) is 22.7 Å². The first-order chi connectivity index (χ1) is 7.57. The zero-order chi connectivity index (χ0) is 11.3. The van der Waals surface area contributed by atoms with Crippen molar-refractivity contribution in [1.82, 2.24) is 15.0 Å². The Morgan fingerprint density at radius 3 is 3.00 bits per heavy atom. The fraction of sp³-hybridized carbons (Fsp3) is 0.333. The number of rotatable bonds is 0. The van der Waals surface area contributed by atoms with Gasteiger partial charge in [0.15, 0.2) is 9.84 Å². The van der Waals surface area contributed by atoms with Gasteiger partial charge in [-0.1, -0.05) is 11.6 Å². The number of halogens is 1. The molecule has 0 amide bonds. The number of sulfone groups is 1. The molecule has 3 rings (SSSR count). The molecule has 0 aliphatic carbocycles. The van der Waals surface area contributed by atoms with Crippen LogP contribution < -0.4 is 0 Å². The smallest absolute Gasteiger partial charge is 0.154 e. The Morgan fingerprint density at radius 2 is 2.19 bits per heavy atom. The molecule has 0 saturated heterocycles. The van der Waals surface area contributed by atoms with Crippen LogP contribution in [0.5, 0.6) is 0 Å². The van der Waals surface area contributed by atoms with Crippen molar-refractivity contribution in [3.63, 3.8) is 0 Å². The molecule has 2 aromatic heterocycles. The maximum atomic E-state index is 11.6. The van der Waals surface area contributed by atoms with E-state index in [0.29, 0.717) is 22.6 Å². The molecule has 1 aliphatic rings. The third-order valence-electron chi connectivity index (χ3n) is 2.76. The van der Waals surface area contributed by atoms with Gasteiger partial charge in [0.25, 0.3) is 0 Å². The number of hydrogen-bond donors (Lipinski definition) is 1. The number of aromatic nitrogens is 3. The van der Waals surface area contributed by atoms with Crippen LogP contribution in [0.15, 0.2) is 6.33 Å². The lowest BCUT2D eigenvalue weighted by Gasteiger charge is -2.11. The number of aromatic amines is 1. The van der Waals surface area contributed by atoms with E-state index in [4.69, 9.17) is 11.6 Å². The lowest BCUT2D eigenvalue weighted by atomic mass is 10.2. The molecule has 0 radical (unpaired) electrons. The van der Waals surface area contributed by atoms with E-state index in [9.17, 15) is 8.42 Å². The summed E-state index contributed by atoms with van der Waals surface area (Å²) < 4.78 is 23.1. The number of aryl methyl sites for hydroxylation is 1. The second kappa shape index (κ2) is 3.18. The largest absolute Gasteiger partial charge is 0.343 e. The van der Waals surface area contributed by atoms with Gasteiger partial charge in [0.05, 0.1) is 16.9 Å². The first kappa shape index (κ1) is 10.0. The normalized spacial score (nSPS) is 18.6. The van der Waals surface area contributed by atoms with E-state index in [2.05, 4.69) is 15.0 Å². The van der Waals surface area contributed by atoms with Crippen LogP contribution in [0.2, 0.25) is 5.15 Å². The molecule has 0 atom stereocenters. The Balaban J connectivity index is 2.36. The van der Waals surface area contributed by atoms with Crippen LogP contribution in [0.1, 0.15) is 11.3 Å². The maximum absolute atomic E-state index is 11.6. The zero-order valence-corrected chi connectivity index (χ0v) is 9.77. The first-order valence-corrected chi connectivity index (χ1v) is 6.97. The zero-order valence-electron chi connectivity index (χ0n) is 8.20. The van der Waals surface area contributed by atoms with E-state index in [-0.39, 0.29) is 11.5 Å². The molecule has 0 bridgehead atoms. The minimum atomic E-state index is -3.01. The summed E-state index contributed by atoms with van der Waals surface area (Å²) in [5, 5.41) is 0.946. The fourth-order valence-electron chi connectivity index (χ4n) is 2.02. The summed E-state index contributed by atoms with van der Waals surface area (Å²) in [7, 11) is -3.01. The van der Waals surface area contributed by atoms with Crippen molar-refractivity contribution in [2.45, 2.75) is 12.2 Å². The van der Waals surface area contributed by atoms with Crippen LogP contribution in [0.3, 0.4) is 0 Å². The number of nitrogens with one attached hydrogen (secondary N) is 1. The number of hydrogen-bond acceptors (Lipinski definition) is 4. The van der Waals surface area contributed by atoms with E-state index in [1.807, 2.05) is 0 Å². The molecule has 3 heterocycles. The third-order valence-corrected chi connectivity index (χ3v) is 4.60. The summed E-state index contributed by atoms with van der Waals surface area (Å²) in [6, 6.07) is 0. The van der Waals surface area contributed by atoms with Gasteiger partial charge in [0.2, 0.25) is 0 Å². The molecule has 0 unspecified atom stereocenters. The van der Waals surface area contributed by atoms with Gasteiger partial charge in [-0.2, -0.15) is 0 Å². The highest BCUT2D eigenvalue weighted by Gasteiger charge is 2.26. The van der Waals surface area contributed by atoms with E-state index in [0.717, 1.165) is 11.3 Å². The monoisotopic (exact) mass is 257 g/mol. The number of fused-ring (bicyclic) bond motifs is 3. The molecule has 16 heavy (non-hydrogen) atoms. The predicted molar refractivity (Wildman–Crippen MR) is 60.1 cm³/mol. The highest BCUT2D eigenvalue weighted by atomic mass is 35.5. The highest BCUT2D eigenvalue weighted by Crippen LogP contribution is 2.31. The van der Waals surface area contributed by atoms with Gasteiger partial charge < -0.3 is 4.98 Å². The van der Waals surface area contributed by atoms with Gasteiger partial charge in [0, 0.05) is 17.7 Å². The molecule has 7 heteroatoms. The summed E-state index contributed by atoms with van der Waals surface area (Å²) in [6.45, 7) is 0. The van der Waals surface area contributed by atoms with Crippen molar-refractivity contribution >= 4 is 32.5 Å². The first-order valence-electron chi connectivity index (χ1n) is 4.77. The van der Waals surface area contributed by atoms with E-state index in [1.165, 1.54) is 6.33 Å². The summed E-state index contributed by atoms with van der Waals surface area (Å²) in [5.41, 5.74) is 2.25. The minimum absolute atomic E-state index is 0.0232. The Labute approximate surface area is 96.8 Å². The molecule has 0 aromatic carbocycles. The Kier molecular flexibility index (Phi) is 1.99. The molecule has 5 nitrogen and oxygen atoms in total. The Bertz CT molecular complexity index is 677. The van der Waals surface area contributed by atoms with Crippen molar-refractivity contribution in [2.75, 3.05) is 5.75 Å². The summed E-state index contributed by atoms with van der Waals surface area (Å²) in [5.74, 6) is 0.202. The molecule has 84 valence electrons. The van der Waals surface area contributed by atoms with E-state index < -0.39 is 9.84 Å². The molecular formula is C9H8ClN3O2S. The summed E-state index contributed by atoms with van der Waals surface area (Å²) in [6.07, 6.45) is 1.85. The minimum Gasteiger partial charge on any atom is -0.343 e. The molecule has 0 saturated carbocycles. The summed E-state index contributed by atoms with van der Waals surface area (Å²) in [4.78, 5) is 11.0. The van der Waals surface area contributed by atoms with Crippen LogP contribution in [0, 0.1) is 0 Å². The molecule has 0 spiro atoms. The van der Waals surface area contributed by atoms with Crippen LogP contribution in [0.25, 0.3) is 11.0 Å². The van der Waals surface area contributed by atoms with Gasteiger partial charge in [-0.3, -0.25) is 0 Å². The van der Waals surface area contributed by atoms with Crippen molar-refractivity contribution in [1.29, 1.82) is 0 Å². The Hall–Kier alpha value is -1.14. The molecule has 0 fully saturated rings. The highest BCUT2D eigenvalue weighted by molar-refractivity contribution is 7.90. The van der Waals surface area contributed by atoms with E-state index in [1.54, 1.807) is 0 Å². The van der Waals surface area contributed by atoms with Gasteiger partial charge in [0.1, 0.15) is 17.1 Å². The number of nitrogens with zero attached hydrogens (tertiary/aromatic N) is 2. The van der Waals surface area contributed by atoms with Gasteiger partial charge in [-0.15, -0.1) is 0 Å². The topological polar surface area (TPSA) is 75.7 Å². The van der Waals surface area contributed by atoms with Crippen molar-refractivity contribution < 1.29 is 8.42 Å². The number of H-pyrrole nitrogens is 1. The standard InChI is InChI=1S/C9H8ClN3O2S/c10-8-7-5-3-16(14,15)2-1-6(5)13-9(7)12-4-11-8/h4H,1-3H2,(H,11,12,13). The van der Waals surface area contributed by atoms with Crippen molar-refractivity contribution in [2.24, 2.45) is 0 Å². The lowest BCUT2D eigenvalue weighted by molar-refractivity contribution is 0.591. The average molecular weight is 258 g/mol. The maximum Gasteiger partial charge on any atom is 0.154 e. The molecule has 1 aliphatic heterocycles. The molecule has 2 aromatic rings. The van der Waals surface area contributed by atoms with Crippen LogP contribution in [-0.2, 0) is 22.0 Å². The third kappa shape index (κ3) is 1.41. The predicted octanol–water partition coefficient (Wildman–Crippen LogP) is 1.08. The van der Waals surface area contributed by atoms with Gasteiger partial charge >= 0.3 is 0 Å². The van der Waals surface area contributed by atoms with Crippen LogP contribution in [-0.4, -0.2) is 29.1 Å². The quantitative estimate of drug-likeness (QED) is 0.717. The SMILES string of the molecule is O=S1(=O)CCc2[nH]c3ncnc(Cl)c3c2C1. The van der Waals surface area contributed by atoms with Crippen LogP contribution in [0.4, 0.5) is 0 Å². The van der Waals surface area contributed by atoms with Crippen LogP contribution >= 0.6 is 11.6 Å². The lowest BCUT2D eigenvalue weighted by Crippen LogP contribution is -2.18. The second-order valence-corrected chi connectivity index (χ2v) is 6.35. The van der Waals surface area contributed by atoms with Gasteiger partial charge in [-0.05, 0) is 0 Å². The van der Waals surface area contributed by atoms with E-state index >= 15 is 0 Å². The molecule has 1 N–H and O–H groups in total. The fourth-order valence-corrected chi connectivity index (χ4v) is 3.68. The van der Waals surface area contributed by atoms with Crippen molar-refractivity contribution in [3.8, 4) is 0 Å². The average Bonchev–Trinajstić information content (AvgIpc) is 2.55. The Morgan fingerprint density at radius 1 is 1.38 bits per heavy atom. The second-order valence-electron chi connectivity index (χ2n) is 3.81.